The van der Waals surface area contributed by atoms with Gasteiger partial charge in [-0.25, -0.2) is 8.42 Å². The summed E-state index contributed by atoms with van der Waals surface area (Å²) >= 11 is 10.8. The van der Waals surface area contributed by atoms with E-state index in [0.29, 0.717) is 42.3 Å². The molecule has 8 heteroatoms. The van der Waals surface area contributed by atoms with Crippen LogP contribution in [0.5, 0.6) is 0 Å². The van der Waals surface area contributed by atoms with Gasteiger partial charge in [-0.3, -0.25) is 4.72 Å². The fraction of sp³-hybridized carbons (Fsp3) is 0.417. The normalized spacial score (nSPS) is 16.9. The Hall–Kier alpha value is -0.890. The fourth-order valence-corrected chi connectivity index (χ4v) is 3.84. The minimum atomic E-state index is -3.51. The van der Waals surface area contributed by atoms with Gasteiger partial charge in [-0.2, -0.15) is 0 Å². The van der Waals surface area contributed by atoms with Gasteiger partial charge in [-0.1, -0.05) is 23.8 Å². The molecule has 0 bridgehead atoms. The summed E-state index contributed by atoms with van der Waals surface area (Å²) in [6, 6.07) is 4.72. The van der Waals surface area contributed by atoms with Gasteiger partial charge in [0.15, 0.2) is 0 Å². The molecular weight excluding hydrogens is 320 g/mol. The molecule has 1 heterocycles. The summed E-state index contributed by atoms with van der Waals surface area (Å²) in [4.78, 5) is 0.117. The van der Waals surface area contributed by atoms with E-state index < -0.39 is 15.3 Å². The van der Waals surface area contributed by atoms with Gasteiger partial charge >= 0.3 is 0 Å². The summed E-state index contributed by atoms with van der Waals surface area (Å²) in [7, 11) is -3.51. The van der Waals surface area contributed by atoms with E-state index in [1.807, 2.05) is 0 Å². The maximum absolute atomic E-state index is 12.3. The zero-order chi connectivity index (χ0) is 14.8. The van der Waals surface area contributed by atoms with E-state index in [-0.39, 0.29) is 4.99 Å². The molecule has 0 saturated carbocycles. The molecule has 20 heavy (non-hydrogen) atoms. The zero-order valence-electron chi connectivity index (χ0n) is 10.6. The van der Waals surface area contributed by atoms with E-state index in [4.69, 9.17) is 34.3 Å². The molecule has 1 aromatic rings. The number of sulfonamides is 1. The van der Waals surface area contributed by atoms with Crippen molar-refractivity contribution in [3.05, 3.63) is 28.8 Å². The fourth-order valence-electron chi connectivity index (χ4n) is 2.04. The van der Waals surface area contributed by atoms with Gasteiger partial charge in [-0.15, -0.1) is 0 Å². The number of ether oxygens (including phenoxy) is 1. The van der Waals surface area contributed by atoms with Gasteiger partial charge in [0, 0.05) is 23.8 Å². The maximum Gasteiger partial charge on any atom is 0.235 e. The highest BCUT2D eigenvalue weighted by Crippen LogP contribution is 2.25. The van der Waals surface area contributed by atoms with Gasteiger partial charge in [0.25, 0.3) is 0 Å². The lowest BCUT2D eigenvalue weighted by Crippen LogP contribution is -2.33. The average molecular weight is 335 g/mol. The van der Waals surface area contributed by atoms with Gasteiger partial charge in [-0.05, 0) is 31.0 Å². The zero-order valence-corrected chi connectivity index (χ0v) is 13.0. The number of hydrogen-bond donors (Lipinski definition) is 2. The van der Waals surface area contributed by atoms with E-state index in [2.05, 4.69) is 4.72 Å². The summed E-state index contributed by atoms with van der Waals surface area (Å²) in [6.07, 6.45) is 0.941. The third-order valence-corrected chi connectivity index (χ3v) is 5.41. The number of hydrogen-bond acceptors (Lipinski definition) is 4. The SMILES string of the molecule is NC(=S)c1ccc(Cl)cc1NS(=O)(=O)C1CCOCC1. The lowest BCUT2D eigenvalue weighted by atomic mass is 10.2. The molecule has 1 saturated heterocycles. The largest absolute Gasteiger partial charge is 0.389 e. The molecule has 3 N–H and O–H groups in total. The summed E-state index contributed by atoms with van der Waals surface area (Å²) in [5.74, 6) is 0. The van der Waals surface area contributed by atoms with Gasteiger partial charge in [0.2, 0.25) is 10.0 Å². The van der Waals surface area contributed by atoms with E-state index in [0.717, 1.165) is 0 Å². The first-order chi connectivity index (χ1) is 9.40. The predicted molar refractivity (Wildman–Crippen MR) is 83.7 cm³/mol. The molecule has 0 aromatic heterocycles. The molecule has 1 aromatic carbocycles. The van der Waals surface area contributed by atoms with Crippen molar-refractivity contribution < 1.29 is 13.2 Å². The standard InChI is InChI=1S/C12H15ClN2O3S2/c13-8-1-2-10(12(14)19)11(7-8)15-20(16,17)9-3-5-18-6-4-9/h1-2,7,9,15H,3-6H2,(H2,14,19). The third kappa shape index (κ3) is 3.60. The minimum absolute atomic E-state index is 0.117. The van der Waals surface area contributed by atoms with Gasteiger partial charge < -0.3 is 10.5 Å². The van der Waals surface area contributed by atoms with Crippen molar-refractivity contribution in [3.63, 3.8) is 0 Å². The summed E-state index contributed by atoms with van der Waals surface area (Å²) in [5, 5.41) is -0.0656. The van der Waals surface area contributed by atoms with E-state index in [1.165, 1.54) is 6.07 Å². The molecule has 0 aliphatic carbocycles. The molecule has 5 nitrogen and oxygen atoms in total. The first-order valence-electron chi connectivity index (χ1n) is 6.09. The van der Waals surface area contributed by atoms with Crippen LogP contribution in [0.3, 0.4) is 0 Å². The molecule has 2 rings (SSSR count). The van der Waals surface area contributed by atoms with Crippen LogP contribution < -0.4 is 10.5 Å². The van der Waals surface area contributed by atoms with Crippen molar-refractivity contribution in [1.82, 2.24) is 0 Å². The number of halogens is 1. The van der Waals surface area contributed by atoms with Crippen molar-refractivity contribution in [2.24, 2.45) is 5.73 Å². The average Bonchev–Trinajstić information content (AvgIpc) is 2.39. The Kier molecular flexibility index (Phi) is 4.85. The lowest BCUT2D eigenvalue weighted by Gasteiger charge is -2.23. The number of anilines is 1. The summed E-state index contributed by atoms with van der Waals surface area (Å²) < 4.78 is 32.4. The van der Waals surface area contributed by atoms with Crippen molar-refractivity contribution in [2.45, 2.75) is 18.1 Å². The predicted octanol–water partition coefficient (Wildman–Crippen LogP) is 1.89. The molecule has 0 amide bonds. The van der Waals surface area contributed by atoms with Crippen LogP contribution in [0.2, 0.25) is 5.02 Å². The topological polar surface area (TPSA) is 81.4 Å². The number of nitrogens with one attached hydrogen (secondary N) is 1. The first-order valence-corrected chi connectivity index (χ1v) is 8.42. The minimum Gasteiger partial charge on any atom is -0.389 e. The Morgan fingerprint density at radius 1 is 1.40 bits per heavy atom. The monoisotopic (exact) mass is 334 g/mol. The lowest BCUT2D eigenvalue weighted by molar-refractivity contribution is 0.0984. The van der Waals surface area contributed by atoms with Crippen LogP contribution in [0, 0.1) is 0 Å². The molecule has 0 radical (unpaired) electrons. The highest BCUT2D eigenvalue weighted by atomic mass is 35.5. The summed E-state index contributed by atoms with van der Waals surface area (Å²) in [5.41, 5.74) is 6.37. The summed E-state index contributed by atoms with van der Waals surface area (Å²) in [6.45, 7) is 0.895. The molecule has 0 unspecified atom stereocenters. The molecule has 110 valence electrons. The number of rotatable bonds is 4. The van der Waals surface area contributed by atoms with E-state index >= 15 is 0 Å². The Morgan fingerprint density at radius 2 is 2.05 bits per heavy atom. The molecule has 1 fully saturated rings. The van der Waals surface area contributed by atoms with Crippen molar-refractivity contribution in [3.8, 4) is 0 Å². The highest BCUT2D eigenvalue weighted by Gasteiger charge is 2.28. The van der Waals surface area contributed by atoms with Crippen LogP contribution in [-0.4, -0.2) is 31.9 Å². The highest BCUT2D eigenvalue weighted by molar-refractivity contribution is 7.93. The van der Waals surface area contributed by atoms with Crippen LogP contribution in [0.15, 0.2) is 18.2 Å². The van der Waals surface area contributed by atoms with Crippen LogP contribution in [0.1, 0.15) is 18.4 Å². The Bertz CT molecular complexity index is 613. The smallest absolute Gasteiger partial charge is 0.235 e. The van der Waals surface area contributed by atoms with Gasteiger partial charge in [0.05, 0.1) is 10.9 Å². The van der Waals surface area contributed by atoms with Crippen LogP contribution in [-0.2, 0) is 14.8 Å². The molecule has 1 aliphatic rings. The van der Waals surface area contributed by atoms with Crippen LogP contribution >= 0.6 is 23.8 Å². The number of benzene rings is 1. The molecule has 0 spiro atoms. The van der Waals surface area contributed by atoms with Crippen LogP contribution in [0.25, 0.3) is 0 Å². The van der Waals surface area contributed by atoms with Gasteiger partial charge in [0.1, 0.15) is 4.99 Å². The Balaban J connectivity index is 2.28. The van der Waals surface area contributed by atoms with Crippen molar-refractivity contribution >= 4 is 44.5 Å². The first kappa shape index (κ1) is 15.5. The van der Waals surface area contributed by atoms with Crippen molar-refractivity contribution in [1.29, 1.82) is 0 Å². The second-order valence-electron chi connectivity index (χ2n) is 4.51. The number of nitrogens with two attached hydrogens (primary N) is 1. The quantitative estimate of drug-likeness (QED) is 0.822. The second kappa shape index (κ2) is 6.26. The second-order valence-corrected chi connectivity index (χ2v) is 7.35. The van der Waals surface area contributed by atoms with Crippen LogP contribution in [0.4, 0.5) is 5.69 Å². The number of thiocarbonyl (C=S) groups is 1. The molecule has 1 aliphatic heterocycles. The molecule has 0 atom stereocenters. The third-order valence-electron chi connectivity index (χ3n) is 3.11. The van der Waals surface area contributed by atoms with E-state index in [9.17, 15) is 8.42 Å². The Labute approximate surface area is 128 Å². The maximum atomic E-state index is 12.3. The van der Waals surface area contributed by atoms with Crippen molar-refractivity contribution in [2.75, 3.05) is 17.9 Å². The Morgan fingerprint density at radius 3 is 2.65 bits per heavy atom. The molecular formula is C12H15ClN2O3S2. The van der Waals surface area contributed by atoms with E-state index in [1.54, 1.807) is 12.1 Å².